The number of rotatable bonds is 6. The third-order valence-corrected chi connectivity index (χ3v) is 4.00. The van der Waals surface area contributed by atoms with E-state index in [9.17, 15) is 4.79 Å². The number of nitrogens with zero attached hydrogens (tertiary/aromatic N) is 2. The normalized spacial score (nSPS) is 11.0. The molecule has 0 atom stereocenters. The van der Waals surface area contributed by atoms with E-state index in [1.54, 1.807) is 11.3 Å². The van der Waals surface area contributed by atoms with E-state index in [0.29, 0.717) is 31.1 Å². The van der Waals surface area contributed by atoms with E-state index in [1.165, 1.54) is 10.4 Å². The fraction of sp³-hybridized carbons (Fsp3) is 0.500. The predicted octanol–water partition coefficient (Wildman–Crippen LogP) is 2.81. The van der Waals surface area contributed by atoms with Crippen LogP contribution in [0.1, 0.15) is 48.3 Å². The van der Waals surface area contributed by atoms with Gasteiger partial charge in [0.25, 0.3) is 0 Å². The third kappa shape index (κ3) is 3.90. The summed E-state index contributed by atoms with van der Waals surface area (Å²) in [5.74, 6) is 1.45. The molecule has 1 N–H and O–H groups in total. The zero-order valence-electron chi connectivity index (χ0n) is 12.0. The van der Waals surface area contributed by atoms with Gasteiger partial charge in [-0.2, -0.15) is 4.98 Å². The zero-order valence-corrected chi connectivity index (χ0v) is 12.8. The summed E-state index contributed by atoms with van der Waals surface area (Å²) in [6.07, 6.45) is 0.846. The van der Waals surface area contributed by atoms with E-state index in [1.807, 2.05) is 26.2 Å². The van der Waals surface area contributed by atoms with Gasteiger partial charge in [-0.05, 0) is 23.9 Å². The fourth-order valence-electron chi connectivity index (χ4n) is 1.68. The monoisotopic (exact) mass is 293 g/mol. The van der Waals surface area contributed by atoms with Gasteiger partial charge in [0.05, 0.1) is 6.54 Å². The van der Waals surface area contributed by atoms with Gasteiger partial charge >= 0.3 is 0 Å². The molecule has 0 saturated heterocycles. The number of aryl methyl sites for hydroxylation is 2. The zero-order chi connectivity index (χ0) is 14.5. The lowest BCUT2D eigenvalue weighted by atomic mass is 10.2. The molecule has 0 aliphatic rings. The topological polar surface area (TPSA) is 68.0 Å². The summed E-state index contributed by atoms with van der Waals surface area (Å²) in [6.45, 7) is 6.64. The number of amides is 1. The minimum absolute atomic E-state index is 0.00194. The summed E-state index contributed by atoms with van der Waals surface area (Å²) >= 11 is 1.66. The molecule has 2 heterocycles. The van der Waals surface area contributed by atoms with Crippen molar-refractivity contribution in [3.63, 3.8) is 0 Å². The second-order valence-electron chi connectivity index (χ2n) is 5.00. The first kappa shape index (κ1) is 14.7. The number of nitrogens with one attached hydrogen (secondary N) is 1. The second kappa shape index (κ2) is 6.65. The lowest BCUT2D eigenvalue weighted by Crippen LogP contribution is -2.22. The van der Waals surface area contributed by atoms with Crippen molar-refractivity contribution in [3.8, 4) is 0 Å². The maximum absolute atomic E-state index is 11.8. The van der Waals surface area contributed by atoms with Crippen LogP contribution in [0, 0.1) is 6.92 Å². The van der Waals surface area contributed by atoms with Gasteiger partial charge in [0.15, 0.2) is 5.82 Å². The van der Waals surface area contributed by atoms with Crippen molar-refractivity contribution < 1.29 is 9.32 Å². The molecule has 2 aromatic rings. The Hall–Kier alpha value is -1.69. The molecule has 0 saturated carbocycles. The fourth-order valence-corrected chi connectivity index (χ4v) is 2.52. The molecule has 0 aliphatic carbocycles. The van der Waals surface area contributed by atoms with Gasteiger partial charge < -0.3 is 9.84 Å². The van der Waals surface area contributed by atoms with Crippen molar-refractivity contribution in [1.82, 2.24) is 15.5 Å². The van der Waals surface area contributed by atoms with Crippen LogP contribution in [-0.4, -0.2) is 16.0 Å². The molecule has 1 amide bonds. The minimum Gasteiger partial charge on any atom is -0.351 e. The van der Waals surface area contributed by atoms with Crippen LogP contribution in [0.2, 0.25) is 0 Å². The van der Waals surface area contributed by atoms with Crippen LogP contribution in [0.25, 0.3) is 0 Å². The Balaban J connectivity index is 1.76. The van der Waals surface area contributed by atoms with Crippen LogP contribution in [0.5, 0.6) is 0 Å². The summed E-state index contributed by atoms with van der Waals surface area (Å²) in [6, 6.07) is 2.05. The molecule has 108 valence electrons. The van der Waals surface area contributed by atoms with Gasteiger partial charge in [-0.1, -0.05) is 19.0 Å². The molecule has 0 unspecified atom stereocenters. The van der Waals surface area contributed by atoms with Crippen LogP contribution in [0.3, 0.4) is 0 Å². The highest BCUT2D eigenvalue weighted by Crippen LogP contribution is 2.15. The predicted molar refractivity (Wildman–Crippen MR) is 77.6 cm³/mol. The van der Waals surface area contributed by atoms with E-state index in [-0.39, 0.29) is 11.8 Å². The average molecular weight is 293 g/mol. The maximum Gasteiger partial charge on any atom is 0.227 e. The van der Waals surface area contributed by atoms with Crippen LogP contribution in [0.4, 0.5) is 0 Å². The Kier molecular flexibility index (Phi) is 4.89. The molecule has 0 bridgehead atoms. The van der Waals surface area contributed by atoms with Gasteiger partial charge in [0.2, 0.25) is 11.8 Å². The molecule has 0 aliphatic heterocycles. The van der Waals surface area contributed by atoms with Gasteiger partial charge in [-0.25, -0.2) is 0 Å². The number of carbonyl (C=O) groups excluding carboxylic acids is 1. The molecule has 0 radical (unpaired) electrons. The lowest BCUT2D eigenvalue weighted by molar-refractivity contribution is -0.121. The number of aromatic nitrogens is 2. The molecule has 2 aromatic heterocycles. The van der Waals surface area contributed by atoms with Gasteiger partial charge in [-0.15, -0.1) is 11.3 Å². The lowest BCUT2D eigenvalue weighted by Gasteiger charge is -2.03. The van der Waals surface area contributed by atoms with Crippen LogP contribution < -0.4 is 5.32 Å². The van der Waals surface area contributed by atoms with Crippen molar-refractivity contribution in [1.29, 1.82) is 0 Å². The second-order valence-corrected chi connectivity index (χ2v) is 6.01. The molecular weight excluding hydrogens is 274 g/mol. The summed E-state index contributed by atoms with van der Waals surface area (Å²) < 4.78 is 5.11. The summed E-state index contributed by atoms with van der Waals surface area (Å²) in [4.78, 5) is 17.2. The van der Waals surface area contributed by atoms with Crippen LogP contribution in [-0.2, 0) is 17.8 Å². The summed E-state index contributed by atoms with van der Waals surface area (Å²) in [7, 11) is 0. The van der Waals surface area contributed by atoms with E-state index in [2.05, 4.69) is 21.5 Å². The van der Waals surface area contributed by atoms with Gasteiger partial charge in [0.1, 0.15) is 0 Å². The summed E-state index contributed by atoms with van der Waals surface area (Å²) in [5.41, 5.74) is 1.22. The van der Waals surface area contributed by atoms with Crippen molar-refractivity contribution in [3.05, 3.63) is 33.6 Å². The van der Waals surface area contributed by atoms with Crippen molar-refractivity contribution in [2.24, 2.45) is 0 Å². The first-order valence-corrected chi connectivity index (χ1v) is 7.56. The minimum atomic E-state index is 0.00194. The largest absolute Gasteiger partial charge is 0.351 e. The molecule has 5 nitrogen and oxygen atoms in total. The first-order chi connectivity index (χ1) is 9.56. The molecule has 2 rings (SSSR count). The highest BCUT2D eigenvalue weighted by atomic mass is 32.1. The standard InChI is InChI=1S/C14H19N3O2S/c1-9(2)14-16-13(19-17-14)5-4-12(18)15-8-11-10(3)6-7-20-11/h6-7,9H,4-5,8H2,1-3H3,(H,15,18). The maximum atomic E-state index is 11.8. The Bertz CT molecular complexity index is 574. The molecular formula is C14H19N3O2S. The Morgan fingerprint density at radius 3 is 2.90 bits per heavy atom. The SMILES string of the molecule is Cc1ccsc1CNC(=O)CCc1nc(C(C)C)no1. The molecule has 20 heavy (non-hydrogen) atoms. The average Bonchev–Trinajstić information content (AvgIpc) is 3.03. The smallest absolute Gasteiger partial charge is 0.227 e. The Labute approximate surface area is 122 Å². The number of thiophene rings is 1. The summed E-state index contributed by atoms with van der Waals surface area (Å²) in [5, 5.41) is 8.81. The molecule has 6 heteroatoms. The first-order valence-electron chi connectivity index (χ1n) is 6.68. The van der Waals surface area contributed by atoms with Crippen LogP contribution in [0.15, 0.2) is 16.0 Å². The Morgan fingerprint density at radius 2 is 2.30 bits per heavy atom. The van der Waals surface area contributed by atoms with Gasteiger partial charge in [0, 0.05) is 23.6 Å². The van der Waals surface area contributed by atoms with Gasteiger partial charge in [-0.3, -0.25) is 4.79 Å². The third-order valence-electron chi connectivity index (χ3n) is 2.98. The van der Waals surface area contributed by atoms with Crippen molar-refractivity contribution in [2.45, 2.75) is 46.1 Å². The number of hydrogen-bond acceptors (Lipinski definition) is 5. The quantitative estimate of drug-likeness (QED) is 0.889. The number of carbonyl (C=O) groups is 1. The highest BCUT2D eigenvalue weighted by Gasteiger charge is 2.11. The van der Waals surface area contributed by atoms with E-state index < -0.39 is 0 Å². The Morgan fingerprint density at radius 1 is 1.50 bits per heavy atom. The number of hydrogen-bond donors (Lipinski definition) is 1. The van der Waals surface area contributed by atoms with Crippen molar-refractivity contribution >= 4 is 17.2 Å². The van der Waals surface area contributed by atoms with E-state index >= 15 is 0 Å². The van der Waals surface area contributed by atoms with E-state index in [0.717, 1.165) is 0 Å². The van der Waals surface area contributed by atoms with E-state index in [4.69, 9.17) is 4.52 Å². The highest BCUT2D eigenvalue weighted by molar-refractivity contribution is 7.10. The van der Waals surface area contributed by atoms with Crippen LogP contribution >= 0.6 is 11.3 Å². The molecule has 0 spiro atoms. The molecule has 0 aromatic carbocycles. The van der Waals surface area contributed by atoms with Crippen molar-refractivity contribution in [2.75, 3.05) is 0 Å². The molecule has 0 fully saturated rings.